The lowest BCUT2D eigenvalue weighted by atomic mass is 9.34. The number of benzene rings is 9. The zero-order valence-corrected chi connectivity index (χ0v) is 31.4. The lowest BCUT2D eigenvalue weighted by Gasteiger charge is -2.31. The molecule has 0 fully saturated rings. The first-order chi connectivity index (χ1) is 28.8. The van der Waals surface area contributed by atoms with Gasteiger partial charge in [0.25, 0.3) is 0 Å². The van der Waals surface area contributed by atoms with Gasteiger partial charge >= 0.3 is 0 Å². The highest BCUT2D eigenvalue weighted by Crippen LogP contribution is 2.43. The van der Waals surface area contributed by atoms with Crippen LogP contribution in [0.4, 0.5) is 0 Å². The molecule has 15 rings (SSSR count). The molecular formula is C54H30B2N2. The van der Waals surface area contributed by atoms with E-state index in [1.165, 1.54) is 132 Å². The summed E-state index contributed by atoms with van der Waals surface area (Å²) in [5.74, 6) is 0. The summed E-state index contributed by atoms with van der Waals surface area (Å²) in [5, 5.41) is 5.27. The first-order valence-electron chi connectivity index (χ1n) is 20.5. The normalized spacial score (nSPS) is 13.4. The highest BCUT2D eigenvalue weighted by Gasteiger charge is 2.45. The highest BCUT2D eigenvalue weighted by molar-refractivity contribution is 7.04. The molecule has 0 unspecified atom stereocenters. The summed E-state index contributed by atoms with van der Waals surface area (Å²) in [5.41, 5.74) is 26.8. The lowest BCUT2D eigenvalue weighted by Crippen LogP contribution is -2.58. The molecule has 6 heterocycles. The van der Waals surface area contributed by atoms with Crippen LogP contribution in [0.1, 0.15) is 0 Å². The van der Waals surface area contributed by atoms with Crippen LogP contribution in [0, 0.1) is 0 Å². The van der Waals surface area contributed by atoms with Crippen LogP contribution in [-0.2, 0) is 0 Å². The second-order valence-electron chi connectivity index (χ2n) is 16.7. The van der Waals surface area contributed by atoms with Crippen molar-refractivity contribution in [1.29, 1.82) is 0 Å². The Morgan fingerprint density at radius 1 is 0.293 bits per heavy atom. The second-order valence-corrected chi connectivity index (χ2v) is 16.7. The van der Waals surface area contributed by atoms with Crippen molar-refractivity contribution in [3.05, 3.63) is 182 Å². The monoisotopic (exact) mass is 728 g/mol. The van der Waals surface area contributed by atoms with Gasteiger partial charge in [0.05, 0.1) is 11.0 Å². The van der Waals surface area contributed by atoms with E-state index in [0.29, 0.717) is 0 Å². The third kappa shape index (κ3) is 3.47. The van der Waals surface area contributed by atoms with Crippen molar-refractivity contribution in [2.45, 2.75) is 0 Å². The fourth-order valence-corrected chi connectivity index (χ4v) is 11.8. The summed E-state index contributed by atoms with van der Waals surface area (Å²) < 4.78 is 5.28. The fraction of sp³-hybridized carbons (Fsp3) is 0. The van der Waals surface area contributed by atoms with Gasteiger partial charge in [-0.15, -0.1) is 0 Å². The zero-order valence-electron chi connectivity index (χ0n) is 31.4. The average Bonchev–Trinajstić information content (AvgIpc) is 4.01. The van der Waals surface area contributed by atoms with Crippen LogP contribution >= 0.6 is 0 Å². The Labute approximate surface area is 335 Å². The maximum atomic E-state index is 2.64. The minimum absolute atomic E-state index is 0.153. The van der Waals surface area contributed by atoms with Crippen molar-refractivity contribution < 1.29 is 0 Å². The van der Waals surface area contributed by atoms with Gasteiger partial charge in [0.1, 0.15) is 0 Å². The molecule has 58 heavy (non-hydrogen) atoms. The molecule has 262 valence electrons. The molecule has 0 aliphatic carbocycles. The van der Waals surface area contributed by atoms with E-state index in [1.54, 1.807) is 0 Å². The van der Waals surface area contributed by atoms with Gasteiger partial charge in [-0.2, -0.15) is 0 Å². The molecule has 0 atom stereocenters. The Morgan fingerprint density at radius 3 is 1.21 bits per heavy atom. The molecule has 4 aliphatic heterocycles. The molecule has 2 nitrogen and oxygen atoms in total. The minimum Gasteiger partial charge on any atom is -0.310 e. The van der Waals surface area contributed by atoms with Crippen LogP contribution < -0.4 is 32.8 Å². The van der Waals surface area contributed by atoms with Gasteiger partial charge in [-0.05, 0) is 84.6 Å². The van der Waals surface area contributed by atoms with E-state index in [1.807, 2.05) is 0 Å². The predicted octanol–water partition coefficient (Wildman–Crippen LogP) is 8.83. The number of fused-ring (bicyclic) bond motifs is 18. The average molecular weight is 728 g/mol. The molecule has 0 radical (unpaired) electrons. The second kappa shape index (κ2) is 10.4. The number of hydrogen-bond donors (Lipinski definition) is 0. The topological polar surface area (TPSA) is 9.86 Å². The summed E-state index contributed by atoms with van der Waals surface area (Å²) in [6.07, 6.45) is 0. The van der Waals surface area contributed by atoms with E-state index in [4.69, 9.17) is 0 Å². The molecule has 0 amide bonds. The molecule has 0 saturated heterocycles. The van der Waals surface area contributed by atoms with Crippen molar-refractivity contribution >= 4 is 89.8 Å². The van der Waals surface area contributed by atoms with Crippen LogP contribution in [0.15, 0.2) is 182 Å². The standard InChI is InChI=1S/C54H30B2N2/c1-3-11-31(12-4-1)33-19-21-37-41-25-23-39-35-15-7-9-17-43(35)55-45-29-46-50(30-49(45)57(47(37)27-33)53(41)51(39)55)58-48-28-34(32-13-5-2-6-14-32)20-22-38(48)42-26-24-40-36-16-8-10-18-44(36)56(46)52(40)54(42)58/h1-30H. The fourth-order valence-electron chi connectivity index (χ4n) is 11.8. The molecule has 9 aromatic carbocycles. The van der Waals surface area contributed by atoms with Crippen molar-refractivity contribution in [3.63, 3.8) is 0 Å². The molecule has 0 saturated carbocycles. The molecule has 4 aliphatic rings. The van der Waals surface area contributed by atoms with Crippen molar-refractivity contribution in [2.24, 2.45) is 0 Å². The van der Waals surface area contributed by atoms with Crippen LogP contribution in [0.3, 0.4) is 0 Å². The van der Waals surface area contributed by atoms with E-state index in [9.17, 15) is 0 Å². The molecule has 0 bridgehead atoms. The third-order valence-electron chi connectivity index (χ3n) is 14.1. The first-order valence-corrected chi connectivity index (χ1v) is 20.5. The smallest absolute Gasteiger partial charge is 0.248 e. The number of hydrogen-bond acceptors (Lipinski definition) is 0. The Hall–Kier alpha value is -7.29. The maximum Gasteiger partial charge on any atom is 0.248 e. The number of rotatable bonds is 2. The maximum absolute atomic E-state index is 2.64. The van der Waals surface area contributed by atoms with Crippen LogP contribution in [-0.4, -0.2) is 22.6 Å². The minimum atomic E-state index is 0.153. The Kier molecular flexibility index (Phi) is 5.34. The molecule has 0 N–H and O–H groups in total. The Balaban J connectivity index is 1.12. The molecule has 2 aromatic heterocycles. The quantitative estimate of drug-likeness (QED) is 0.158. The zero-order chi connectivity index (χ0) is 37.4. The summed E-state index contributed by atoms with van der Waals surface area (Å²) in [4.78, 5) is 0. The number of nitrogens with zero attached hydrogens (tertiary/aromatic N) is 2. The summed E-state index contributed by atoms with van der Waals surface area (Å²) in [6, 6.07) is 69.1. The van der Waals surface area contributed by atoms with Gasteiger partial charge in [0, 0.05) is 44.0 Å². The van der Waals surface area contributed by atoms with Crippen molar-refractivity contribution in [1.82, 2.24) is 9.13 Å². The van der Waals surface area contributed by atoms with Gasteiger partial charge in [-0.25, -0.2) is 0 Å². The predicted molar refractivity (Wildman–Crippen MR) is 246 cm³/mol. The SMILES string of the molecule is c1ccc(-c2ccc3c4ccc5c6c4n(c3c2)-c2cc3c(cc2B6c2ccccc2-5)B2c4ccccc4-c4ccc5c6ccc(-c7ccccc7)cc6n-3c5c42)cc1. The third-order valence-corrected chi connectivity index (χ3v) is 14.1. The molecule has 11 aromatic rings. The van der Waals surface area contributed by atoms with E-state index >= 15 is 0 Å². The van der Waals surface area contributed by atoms with Crippen molar-refractivity contribution in [3.8, 4) is 55.9 Å². The van der Waals surface area contributed by atoms with Gasteiger partial charge in [0.15, 0.2) is 0 Å². The largest absolute Gasteiger partial charge is 0.310 e. The highest BCUT2D eigenvalue weighted by atomic mass is 15.0. The number of aromatic nitrogens is 2. The van der Waals surface area contributed by atoms with Crippen LogP contribution in [0.5, 0.6) is 0 Å². The van der Waals surface area contributed by atoms with E-state index < -0.39 is 0 Å². The van der Waals surface area contributed by atoms with E-state index in [0.717, 1.165) is 0 Å². The van der Waals surface area contributed by atoms with Crippen molar-refractivity contribution in [2.75, 3.05) is 0 Å². The van der Waals surface area contributed by atoms with Crippen LogP contribution in [0.25, 0.3) is 99.5 Å². The Morgan fingerprint density at radius 2 is 0.724 bits per heavy atom. The Bertz CT molecular complexity index is 3450. The van der Waals surface area contributed by atoms with Gasteiger partial charge in [-0.1, -0.05) is 175 Å². The lowest BCUT2D eigenvalue weighted by molar-refractivity contribution is 1.15. The van der Waals surface area contributed by atoms with Gasteiger partial charge in [0.2, 0.25) is 13.4 Å². The molecular weight excluding hydrogens is 698 g/mol. The first kappa shape index (κ1) is 29.9. The van der Waals surface area contributed by atoms with Gasteiger partial charge in [-0.3, -0.25) is 0 Å². The van der Waals surface area contributed by atoms with E-state index in [-0.39, 0.29) is 13.4 Å². The van der Waals surface area contributed by atoms with E-state index in [2.05, 4.69) is 191 Å². The summed E-state index contributed by atoms with van der Waals surface area (Å²) in [6.45, 7) is 0.306. The summed E-state index contributed by atoms with van der Waals surface area (Å²) >= 11 is 0. The molecule has 0 spiro atoms. The molecule has 4 heteroatoms. The van der Waals surface area contributed by atoms with Gasteiger partial charge < -0.3 is 9.13 Å². The van der Waals surface area contributed by atoms with Crippen LogP contribution in [0.2, 0.25) is 0 Å². The summed E-state index contributed by atoms with van der Waals surface area (Å²) in [7, 11) is 0.